The minimum atomic E-state index is -4.46. The Morgan fingerprint density at radius 3 is 2.72 bits per heavy atom. The Morgan fingerprint density at radius 1 is 1.12 bits per heavy atom. The number of nitrogens with one attached hydrogen (secondary N) is 2. The molecule has 0 aliphatic rings. The van der Waals surface area contributed by atoms with E-state index in [0.717, 1.165) is 28.1 Å². The van der Waals surface area contributed by atoms with Gasteiger partial charge in [-0.15, -0.1) is 0 Å². The highest BCUT2D eigenvalue weighted by Gasteiger charge is 2.32. The number of H-pyrrole nitrogens is 1. The van der Waals surface area contributed by atoms with Crippen LogP contribution in [0.25, 0.3) is 22.2 Å². The van der Waals surface area contributed by atoms with Gasteiger partial charge in [0.15, 0.2) is 0 Å². The lowest BCUT2D eigenvalue weighted by molar-refractivity contribution is -0.138. The third kappa shape index (κ3) is 4.78. The van der Waals surface area contributed by atoms with Gasteiger partial charge in [0.1, 0.15) is 5.65 Å². The van der Waals surface area contributed by atoms with E-state index in [1.807, 2.05) is 30.3 Å². The van der Waals surface area contributed by atoms with Crippen molar-refractivity contribution < 1.29 is 18.0 Å². The average molecular weight is 458 g/mol. The number of aromatic amines is 1. The van der Waals surface area contributed by atoms with E-state index >= 15 is 0 Å². The van der Waals surface area contributed by atoms with Gasteiger partial charge >= 0.3 is 6.18 Å². The third-order valence-corrected chi connectivity index (χ3v) is 5.52. The number of rotatable bonds is 5. The van der Waals surface area contributed by atoms with Gasteiger partial charge in [-0.3, -0.25) is 4.79 Å². The number of amides is 1. The number of hydrogen-bond donors (Lipinski definition) is 2. The number of aromatic nitrogens is 2. The standard InChI is InChI=1S/C24H19ClF3N3O/c1-14-5-7-18(11-20(14)24(26,27)28)31-22(32)8-6-15-3-2-4-16(9-15)17-10-19-21(25)13-30-23(19)29-12-17/h2-5,7,9-13H,6,8H2,1H3,(H,29,30)(H,31,32). The Labute approximate surface area is 187 Å². The lowest BCUT2D eigenvalue weighted by Gasteiger charge is -2.13. The van der Waals surface area contributed by atoms with Crippen LogP contribution < -0.4 is 5.32 Å². The van der Waals surface area contributed by atoms with Gasteiger partial charge in [0.25, 0.3) is 0 Å². The number of alkyl halides is 3. The number of pyridine rings is 1. The van der Waals surface area contributed by atoms with Crippen LogP contribution in [-0.2, 0) is 17.4 Å². The molecule has 2 aromatic carbocycles. The highest BCUT2D eigenvalue weighted by atomic mass is 35.5. The fraction of sp³-hybridized carbons (Fsp3) is 0.167. The number of carbonyl (C=O) groups is 1. The van der Waals surface area contributed by atoms with Gasteiger partial charge in [-0.05, 0) is 48.2 Å². The largest absolute Gasteiger partial charge is 0.416 e. The first-order chi connectivity index (χ1) is 15.2. The summed E-state index contributed by atoms with van der Waals surface area (Å²) in [7, 11) is 0. The van der Waals surface area contributed by atoms with Gasteiger partial charge < -0.3 is 10.3 Å². The summed E-state index contributed by atoms with van der Waals surface area (Å²) in [6.07, 6.45) is -0.452. The Hall–Kier alpha value is -3.32. The summed E-state index contributed by atoms with van der Waals surface area (Å²) in [4.78, 5) is 19.7. The smallest absolute Gasteiger partial charge is 0.345 e. The maximum atomic E-state index is 13.1. The van der Waals surface area contributed by atoms with Crippen LogP contribution in [0, 0.1) is 6.92 Å². The van der Waals surface area contributed by atoms with Gasteiger partial charge in [0.05, 0.1) is 10.6 Å². The Bertz CT molecular complexity index is 1300. The molecule has 0 aliphatic heterocycles. The topological polar surface area (TPSA) is 57.8 Å². The Balaban J connectivity index is 1.44. The minimum absolute atomic E-state index is 0.112. The number of hydrogen-bond acceptors (Lipinski definition) is 2. The lowest BCUT2D eigenvalue weighted by Crippen LogP contribution is -2.14. The molecule has 2 heterocycles. The SMILES string of the molecule is Cc1ccc(NC(=O)CCc2cccc(-c3cnc4[nH]cc(Cl)c4c3)c2)cc1C(F)(F)F. The molecule has 32 heavy (non-hydrogen) atoms. The van der Waals surface area contributed by atoms with Crippen LogP contribution in [0.1, 0.15) is 23.1 Å². The molecule has 8 heteroatoms. The number of nitrogens with zero attached hydrogens (tertiary/aromatic N) is 1. The third-order valence-electron chi connectivity index (χ3n) is 5.21. The summed E-state index contributed by atoms with van der Waals surface area (Å²) in [5.41, 5.74) is 2.95. The molecule has 0 spiro atoms. The van der Waals surface area contributed by atoms with E-state index in [4.69, 9.17) is 11.6 Å². The Morgan fingerprint density at radius 2 is 1.94 bits per heavy atom. The predicted molar refractivity (Wildman–Crippen MR) is 120 cm³/mol. The average Bonchev–Trinajstić information content (AvgIpc) is 3.13. The van der Waals surface area contributed by atoms with E-state index in [2.05, 4.69) is 15.3 Å². The van der Waals surface area contributed by atoms with Gasteiger partial charge in [-0.25, -0.2) is 4.98 Å². The highest BCUT2D eigenvalue weighted by molar-refractivity contribution is 6.35. The number of fused-ring (bicyclic) bond motifs is 1. The maximum Gasteiger partial charge on any atom is 0.416 e. The minimum Gasteiger partial charge on any atom is -0.345 e. The molecule has 2 aromatic heterocycles. The molecule has 0 unspecified atom stereocenters. The summed E-state index contributed by atoms with van der Waals surface area (Å²) in [5, 5.41) is 3.97. The van der Waals surface area contributed by atoms with Crippen LogP contribution in [0.4, 0.5) is 18.9 Å². The van der Waals surface area contributed by atoms with Gasteiger partial charge in [-0.1, -0.05) is 41.9 Å². The van der Waals surface area contributed by atoms with Crippen molar-refractivity contribution in [3.05, 3.63) is 82.6 Å². The molecule has 0 saturated heterocycles. The summed E-state index contributed by atoms with van der Waals surface area (Å²) >= 11 is 6.18. The molecule has 0 bridgehead atoms. The van der Waals surface area contributed by atoms with Gasteiger partial charge in [-0.2, -0.15) is 13.2 Å². The number of carbonyl (C=O) groups excluding carboxylic acids is 1. The summed E-state index contributed by atoms with van der Waals surface area (Å²) in [5.74, 6) is -0.352. The van der Waals surface area contributed by atoms with Crippen LogP contribution in [0.3, 0.4) is 0 Å². The summed E-state index contributed by atoms with van der Waals surface area (Å²) < 4.78 is 39.2. The van der Waals surface area contributed by atoms with Crippen molar-refractivity contribution in [2.45, 2.75) is 25.9 Å². The molecule has 2 N–H and O–H groups in total. The van der Waals surface area contributed by atoms with Crippen molar-refractivity contribution in [1.82, 2.24) is 9.97 Å². The first-order valence-electron chi connectivity index (χ1n) is 9.90. The first kappa shape index (κ1) is 21.9. The molecule has 4 aromatic rings. The molecule has 0 fully saturated rings. The zero-order valence-corrected chi connectivity index (χ0v) is 17.8. The quantitative estimate of drug-likeness (QED) is 0.347. The normalized spacial score (nSPS) is 11.7. The molecule has 0 radical (unpaired) electrons. The van der Waals surface area contributed by atoms with E-state index in [-0.39, 0.29) is 23.6 Å². The van der Waals surface area contributed by atoms with Crippen LogP contribution >= 0.6 is 11.6 Å². The number of halogens is 4. The van der Waals surface area contributed by atoms with Crippen molar-refractivity contribution in [3.8, 4) is 11.1 Å². The van der Waals surface area contributed by atoms with Crippen molar-refractivity contribution in [2.24, 2.45) is 0 Å². The summed E-state index contributed by atoms with van der Waals surface area (Å²) in [6.45, 7) is 1.39. The van der Waals surface area contributed by atoms with Crippen molar-refractivity contribution in [1.29, 1.82) is 0 Å². The zero-order chi connectivity index (χ0) is 22.9. The number of anilines is 1. The second-order valence-corrected chi connectivity index (χ2v) is 7.94. The molecular formula is C24H19ClF3N3O. The zero-order valence-electron chi connectivity index (χ0n) is 17.1. The van der Waals surface area contributed by atoms with Crippen molar-refractivity contribution >= 4 is 34.2 Å². The van der Waals surface area contributed by atoms with Crippen LogP contribution in [0.5, 0.6) is 0 Å². The molecule has 0 atom stereocenters. The van der Waals surface area contributed by atoms with Gasteiger partial charge in [0.2, 0.25) is 5.91 Å². The second kappa shape index (κ2) is 8.67. The molecule has 4 rings (SSSR count). The number of benzene rings is 2. The van der Waals surface area contributed by atoms with E-state index in [1.165, 1.54) is 19.1 Å². The van der Waals surface area contributed by atoms with Crippen LogP contribution in [0.15, 0.2) is 60.9 Å². The molecule has 0 aliphatic carbocycles. The van der Waals surface area contributed by atoms with Crippen molar-refractivity contribution in [2.75, 3.05) is 5.32 Å². The highest BCUT2D eigenvalue weighted by Crippen LogP contribution is 2.33. The predicted octanol–water partition coefficient (Wildman–Crippen LogP) is 6.78. The molecule has 164 valence electrons. The Kier molecular flexibility index (Phi) is 5.93. The van der Waals surface area contributed by atoms with Crippen molar-refractivity contribution in [3.63, 3.8) is 0 Å². The first-order valence-corrected chi connectivity index (χ1v) is 10.3. The van der Waals surface area contributed by atoms with Gasteiger partial charge in [0, 0.05) is 35.5 Å². The van der Waals surface area contributed by atoms with E-state index in [9.17, 15) is 18.0 Å². The molecule has 1 amide bonds. The second-order valence-electron chi connectivity index (χ2n) is 7.53. The van der Waals surface area contributed by atoms with Crippen LogP contribution in [0.2, 0.25) is 5.02 Å². The van der Waals surface area contributed by atoms with E-state index < -0.39 is 11.7 Å². The summed E-state index contributed by atoms with van der Waals surface area (Å²) in [6, 6.07) is 13.4. The fourth-order valence-electron chi connectivity index (χ4n) is 3.52. The van der Waals surface area contributed by atoms with E-state index in [0.29, 0.717) is 17.1 Å². The van der Waals surface area contributed by atoms with E-state index in [1.54, 1.807) is 12.4 Å². The van der Waals surface area contributed by atoms with Crippen LogP contribution in [-0.4, -0.2) is 15.9 Å². The molecule has 4 nitrogen and oxygen atoms in total. The molecular weight excluding hydrogens is 439 g/mol. The monoisotopic (exact) mass is 457 g/mol. The maximum absolute atomic E-state index is 13.1. The lowest BCUT2D eigenvalue weighted by atomic mass is 10.0. The fourth-order valence-corrected chi connectivity index (χ4v) is 3.72. The number of aryl methyl sites for hydroxylation is 2. The molecule has 0 saturated carbocycles.